The monoisotopic (exact) mass is 349 g/mol. The van der Waals surface area contributed by atoms with Gasteiger partial charge in [-0.15, -0.1) is 0 Å². The van der Waals surface area contributed by atoms with Gasteiger partial charge in [-0.2, -0.15) is 4.98 Å². The van der Waals surface area contributed by atoms with Crippen LogP contribution in [-0.4, -0.2) is 31.8 Å². The maximum absolute atomic E-state index is 12.6. The van der Waals surface area contributed by atoms with Crippen LogP contribution in [0.3, 0.4) is 0 Å². The third-order valence-electron chi connectivity index (χ3n) is 4.14. The Morgan fingerprint density at radius 3 is 2.44 bits per heavy atom. The van der Waals surface area contributed by atoms with E-state index in [0.717, 1.165) is 10.1 Å². The molecule has 8 nitrogen and oxygen atoms in total. The highest BCUT2D eigenvalue weighted by Crippen LogP contribution is 2.21. The Kier molecular flexibility index (Phi) is 5.22. The highest BCUT2D eigenvalue weighted by molar-refractivity contribution is 5.72. The summed E-state index contributed by atoms with van der Waals surface area (Å²) in [6.07, 6.45) is 1.98. The van der Waals surface area contributed by atoms with E-state index in [2.05, 4.69) is 4.98 Å². The van der Waals surface area contributed by atoms with Gasteiger partial charge in [0.2, 0.25) is 0 Å². The van der Waals surface area contributed by atoms with Crippen molar-refractivity contribution in [1.29, 1.82) is 0 Å². The highest BCUT2D eigenvalue weighted by Gasteiger charge is 2.22. The summed E-state index contributed by atoms with van der Waals surface area (Å²) in [5.74, 6) is 0. The van der Waals surface area contributed by atoms with Gasteiger partial charge in [-0.25, -0.2) is 4.79 Å². The van der Waals surface area contributed by atoms with Gasteiger partial charge in [-0.1, -0.05) is 25.5 Å². The van der Waals surface area contributed by atoms with Crippen molar-refractivity contribution in [3.8, 4) is 6.01 Å². The van der Waals surface area contributed by atoms with Crippen molar-refractivity contribution in [2.24, 2.45) is 25.2 Å². The largest absolute Gasteiger partial charge is 0.464 e. The van der Waals surface area contributed by atoms with Crippen molar-refractivity contribution in [3.05, 3.63) is 32.5 Å². The van der Waals surface area contributed by atoms with Crippen LogP contribution in [0, 0.1) is 5.41 Å². The SMILES string of the molecule is CC(C)=CCn1c(OCC(C)(C)CN)nc2c1c(=O)n(C)c(=O)n2C. The van der Waals surface area contributed by atoms with Crippen molar-refractivity contribution >= 4 is 11.2 Å². The zero-order valence-corrected chi connectivity index (χ0v) is 15.8. The summed E-state index contributed by atoms with van der Waals surface area (Å²) in [6, 6.07) is 0.312. The van der Waals surface area contributed by atoms with E-state index < -0.39 is 5.69 Å². The molecule has 0 aliphatic heterocycles. The fraction of sp³-hybridized carbons (Fsp3) is 0.588. The van der Waals surface area contributed by atoms with E-state index in [1.807, 2.05) is 33.8 Å². The number of allylic oxidation sites excluding steroid dienone is 2. The van der Waals surface area contributed by atoms with Crippen LogP contribution in [0.1, 0.15) is 27.7 Å². The number of aromatic nitrogens is 4. The van der Waals surface area contributed by atoms with Crippen LogP contribution < -0.4 is 21.7 Å². The molecule has 0 saturated heterocycles. The molecular formula is C17H27N5O3. The molecule has 2 aromatic rings. The van der Waals surface area contributed by atoms with Gasteiger partial charge in [0.25, 0.3) is 11.6 Å². The molecule has 0 radical (unpaired) electrons. The Morgan fingerprint density at radius 2 is 1.88 bits per heavy atom. The van der Waals surface area contributed by atoms with Crippen molar-refractivity contribution < 1.29 is 4.74 Å². The predicted molar refractivity (Wildman–Crippen MR) is 98.0 cm³/mol. The van der Waals surface area contributed by atoms with E-state index in [9.17, 15) is 9.59 Å². The quantitative estimate of drug-likeness (QED) is 0.777. The molecule has 25 heavy (non-hydrogen) atoms. The molecule has 0 aromatic carbocycles. The smallest absolute Gasteiger partial charge is 0.332 e. The van der Waals surface area contributed by atoms with Gasteiger partial charge < -0.3 is 10.5 Å². The van der Waals surface area contributed by atoms with Crippen LogP contribution >= 0.6 is 0 Å². The zero-order chi connectivity index (χ0) is 18.9. The first-order valence-corrected chi connectivity index (χ1v) is 8.21. The minimum Gasteiger partial charge on any atom is -0.464 e. The fourth-order valence-electron chi connectivity index (χ4n) is 2.30. The third kappa shape index (κ3) is 3.68. The molecule has 2 aromatic heterocycles. The molecule has 8 heteroatoms. The van der Waals surface area contributed by atoms with Gasteiger partial charge in [0.05, 0.1) is 6.61 Å². The van der Waals surface area contributed by atoms with Crippen LogP contribution in [0.15, 0.2) is 21.2 Å². The second-order valence-corrected chi connectivity index (χ2v) is 7.32. The van der Waals surface area contributed by atoms with Gasteiger partial charge >= 0.3 is 5.69 Å². The summed E-state index contributed by atoms with van der Waals surface area (Å²) < 4.78 is 10.0. The molecule has 2 rings (SSSR count). The fourth-order valence-corrected chi connectivity index (χ4v) is 2.30. The second-order valence-electron chi connectivity index (χ2n) is 7.32. The standard InChI is InChI=1S/C17H27N5O3/c1-11(2)7-8-22-12-13(20(5)16(24)21(6)14(12)23)19-15(22)25-10-17(3,4)9-18/h7H,8-10,18H2,1-6H3. The Hall–Kier alpha value is -2.35. The predicted octanol–water partition coefficient (Wildman–Crippen LogP) is 0.764. The minimum atomic E-state index is -0.418. The number of hydrogen-bond donors (Lipinski definition) is 1. The number of nitrogens with zero attached hydrogens (tertiary/aromatic N) is 4. The lowest BCUT2D eigenvalue weighted by atomic mass is 9.95. The summed E-state index contributed by atoms with van der Waals surface area (Å²) in [5, 5.41) is 0. The average molecular weight is 349 g/mol. The summed E-state index contributed by atoms with van der Waals surface area (Å²) >= 11 is 0. The number of hydrogen-bond acceptors (Lipinski definition) is 5. The molecule has 2 N–H and O–H groups in total. The first-order chi connectivity index (χ1) is 11.6. The van der Waals surface area contributed by atoms with E-state index >= 15 is 0 Å². The maximum Gasteiger partial charge on any atom is 0.332 e. The molecule has 0 saturated carbocycles. The molecule has 0 bridgehead atoms. The zero-order valence-electron chi connectivity index (χ0n) is 15.8. The van der Waals surface area contributed by atoms with Crippen molar-refractivity contribution in [1.82, 2.24) is 18.7 Å². The van der Waals surface area contributed by atoms with Crippen LogP contribution in [0.5, 0.6) is 6.01 Å². The average Bonchev–Trinajstić information content (AvgIpc) is 2.93. The highest BCUT2D eigenvalue weighted by atomic mass is 16.5. The number of ether oxygens (including phenoxy) is 1. The van der Waals surface area contributed by atoms with Gasteiger partial charge in [-0.05, 0) is 13.8 Å². The molecule has 0 fully saturated rings. The molecule has 2 heterocycles. The molecule has 0 aliphatic carbocycles. The molecule has 138 valence electrons. The number of fused-ring (bicyclic) bond motifs is 1. The second kappa shape index (κ2) is 6.87. The molecule has 0 unspecified atom stereocenters. The van der Waals surface area contributed by atoms with E-state index in [1.54, 1.807) is 11.6 Å². The number of nitrogens with two attached hydrogens (primary N) is 1. The maximum atomic E-state index is 12.6. The van der Waals surface area contributed by atoms with Crippen molar-refractivity contribution in [3.63, 3.8) is 0 Å². The lowest BCUT2D eigenvalue weighted by Gasteiger charge is -2.22. The molecule has 0 atom stereocenters. The van der Waals surface area contributed by atoms with Crippen LogP contribution in [0.25, 0.3) is 11.2 Å². The molecular weight excluding hydrogens is 322 g/mol. The van der Waals surface area contributed by atoms with Gasteiger partial charge in [0.15, 0.2) is 11.2 Å². The third-order valence-corrected chi connectivity index (χ3v) is 4.14. The first kappa shape index (κ1) is 19.0. The van der Waals surface area contributed by atoms with Crippen LogP contribution in [0.2, 0.25) is 0 Å². The van der Waals surface area contributed by atoms with Crippen LogP contribution in [0.4, 0.5) is 0 Å². The van der Waals surface area contributed by atoms with Crippen molar-refractivity contribution in [2.45, 2.75) is 34.2 Å². The van der Waals surface area contributed by atoms with E-state index in [-0.39, 0.29) is 11.0 Å². The number of aryl methyl sites for hydroxylation is 1. The first-order valence-electron chi connectivity index (χ1n) is 8.21. The minimum absolute atomic E-state index is 0.226. The van der Waals surface area contributed by atoms with E-state index in [4.69, 9.17) is 10.5 Å². The molecule has 0 aliphatic rings. The lowest BCUT2D eigenvalue weighted by Crippen LogP contribution is -2.37. The molecule has 0 spiro atoms. The van der Waals surface area contributed by atoms with Gasteiger partial charge in [-0.3, -0.25) is 18.5 Å². The molecule has 0 amide bonds. The van der Waals surface area contributed by atoms with Gasteiger partial charge in [0, 0.05) is 32.6 Å². The normalized spacial score (nSPS) is 11.8. The Morgan fingerprint density at radius 1 is 1.24 bits per heavy atom. The Bertz CT molecular complexity index is 926. The Balaban J connectivity index is 2.68. The number of rotatable bonds is 6. The topological polar surface area (TPSA) is 97.1 Å². The van der Waals surface area contributed by atoms with E-state index in [0.29, 0.717) is 36.9 Å². The van der Waals surface area contributed by atoms with Crippen molar-refractivity contribution in [2.75, 3.05) is 13.2 Å². The summed E-state index contributed by atoms with van der Waals surface area (Å²) in [7, 11) is 3.05. The van der Waals surface area contributed by atoms with Crippen LogP contribution in [-0.2, 0) is 20.6 Å². The summed E-state index contributed by atoms with van der Waals surface area (Å²) in [6.45, 7) is 9.19. The summed E-state index contributed by atoms with van der Waals surface area (Å²) in [5.41, 5.74) is 6.50. The Labute approximate surface area is 146 Å². The van der Waals surface area contributed by atoms with E-state index in [1.165, 1.54) is 11.6 Å². The summed E-state index contributed by atoms with van der Waals surface area (Å²) in [4.78, 5) is 29.2. The number of imidazole rings is 1. The van der Waals surface area contributed by atoms with Gasteiger partial charge in [0.1, 0.15) is 0 Å². The lowest BCUT2D eigenvalue weighted by molar-refractivity contribution is 0.170.